The zero-order chi connectivity index (χ0) is 22.8. The molecule has 0 atom stereocenters. The van der Waals surface area contributed by atoms with Gasteiger partial charge < -0.3 is 18.6 Å². The summed E-state index contributed by atoms with van der Waals surface area (Å²) in [5.74, 6) is 1.12. The molecule has 0 aliphatic heterocycles. The molecule has 1 aromatic heterocycles. The molecule has 0 saturated carbocycles. The predicted molar refractivity (Wildman–Crippen MR) is 122 cm³/mol. The van der Waals surface area contributed by atoms with Crippen molar-refractivity contribution < 1.29 is 23.4 Å². The van der Waals surface area contributed by atoms with Gasteiger partial charge in [-0.3, -0.25) is 4.79 Å². The van der Waals surface area contributed by atoms with Gasteiger partial charge >= 0.3 is 5.97 Å². The second-order valence-corrected chi connectivity index (χ2v) is 7.37. The van der Waals surface area contributed by atoms with E-state index in [0.717, 1.165) is 0 Å². The number of hydrogen-bond donors (Lipinski definition) is 0. The fourth-order valence-electron chi connectivity index (χ4n) is 3.46. The van der Waals surface area contributed by atoms with Gasteiger partial charge in [0.1, 0.15) is 17.1 Å². The van der Waals surface area contributed by atoms with Crippen molar-refractivity contribution in [2.24, 2.45) is 0 Å². The van der Waals surface area contributed by atoms with Crippen LogP contribution in [0.1, 0.15) is 16.1 Å². The van der Waals surface area contributed by atoms with Gasteiger partial charge in [0, 0.05) is 6.07 Å². The van der Waals surface area contributed by atoms with Crippen molar-refractivity contribution in [3.63, 3.8) is 0 Å². The van der Waals surface area contributed by atoms with Crippen LogP contribution in [0.5, 0.6) is 17.2 Å². The lowest BCUT2D eigenvalue weighted by Crippen LogP contribution is -2.10. The van der Waals surface area contributed by atoms with E-state index in [1.165, 1.54) is 13.2 Å². The highest BCUT2D eigenvalue weighted by molar-refractivity contribution is 6.33. The molecule has 3 aromatic carbocycles. The fourth-order valence-corrected chi connectivity index (χ4v) is 3.68. The summed E-state index contributed by atoms with van der Waals surface area (Å²) in [4.78, 5) is 25.7. The van der Waals surface area contributed by atoms with E-state index >= 15 is 0 Å². The van der Waals surface area contributed by atoms with Crippen molar-refractivity contribution in [1.29, 1.82) is 0 Å². The van der Waals surface area contributed by atoms with E-state index in [1.54, 1.807) is 68.6 Å². The van der Waals surface area contributed by atoms with Crippen LogP contribution in [0.2, 0.25) is 5.02 Å². The highest BCUT2D eigenvalue weighted by atomic mass is 35.5. The van der Waals surface area contributed by atoms with Crippen molar-refractivity contribution in [3.05, 3.63) is 87.2 Å². The van der Waals surface area contributed by atoms with Gasteiger partial charge in [0.2, 0.25) is 5.43 Å². The number of carbonyl (C=O) groups excluding carboxylic acids is 1. The van der Waals surface area contributed by atoms with Gasteiger partial charge in [0.25, 0.3) is 0 Å². The minimum absolute atomic E-state index is 0.208. The Labute approximate surface area is 188 Å². The molecule has 4 aromatic rings. The van der Waals surface area contributed by atoms with E-state index < -0.39 is 5.97 Å². The zero-order valence-corrected chi connectivity index (χ0v) is 18.4. The third-order valence-electron chi connectivity index (χ3n) is 5.02. The van der Waals surface area contributed by atoms with Crippen LogP contribution in [0.25, 0.3) is 22.1 Å². The highest BCUT2D eigenvalue weighted by Gasteiger charge is 2.18. The number of benzene rings is 3. The summed E-state index contributed by atoms with van der Waals surface area (Å²) in [7, 11) is 3.08. The van der Waals surface area contributed by atoms with E-state index in [9.17, 15) is 9.59 Å². The van der Waals surface area contributed by atoms with Gasteiger partial charge in [0.15, 0.2) is 11.5 Å². The van der Waals surface area contributed by atoms with Crippen molar-refractivity contribution in [2.45, 2.75) is 6.92 Å². The van der Waals surface area contributed by atoms with Gasteiger partial charge in [0.05, 0.1) is 35.8 Å². The standard InChI is InChI=1S/C25H19ClO6/c1-14-23(15-8-11-20(29-2)22(12-15)30-3)24(27)18-10-9-16(13-21(18)31-14)32-25(28)17-6-4-5-7-19(17)26/h4-13H,1-3H3. The minimum Gasteiger partial charge on any atom is -0.493 e. The number of methoxy groups -OCH3 is 2. The summed E-state index contributed by atoms with van der Waals surface area (Å²) >= 11 is 6.06. The molecule has 0 aliphatic rings. The van der Waals surface area contributed by atoms with Crippen LogP contribution >= 0.6 is 11.6 Å². The number of aryl methyl sites for hydroxylation is 1. The number of halogens is 1. The van der Waals surface area contributed by atoms with Crippen LogP contribution in [-0.4, -0.2) is 20.2 Å². The van der Waals surface area contributed by atoms with E-state index in [0.29, 0.717) is 44.4 Å². The normalized spacial score (nSPS) is 10.8. The summed E-state index contributed by atoms with van der Waals surface area (Å²) in [5, 5.41) is 0.651. The maximum absolute atomic E-state index is 13.2. The van der Waals surface area contributed by atoms with Crippen LogP contribution in [0, 0.1) is 6.92 Å². The number of hydrogen-bond acceptors (Lipinski definition) is 6. The molecule has 7 heteroatoms. The van der Waals surface area contributed by atoms with E-state index in [2.05, 4.69) is 0 Å². The lowest BCUT2D eigenvalue weighted by Gasteiger charge is -2.12. The van der Waals surface area contributed by atoms with Gasteiger partial charge in [-0.2, -0.15) is 0 Å². The molecule has 1 heterocycles. The van der Waals surface area contributed by atoms with Gasteiger partial charge in [-0.25, -0.2) is 4.79 Å². The van der Waals surface area contributed by atoms with Gasteiger partial charge in [-0.1, -0.05) is 29.8 Å². The average molecular weight is 451 g/mol. The fraction of sp³-hybridized carbons (Fsp3) is 0.120. The Morgan fingerprint density at radius 1 is 0.938 bits per heavy atom. The summed E-state index contributed by atoms with van der Waals surface area (Å²) in [6.45, 7) is 1.70. The van der Waals surface area contributed by atoms with Gasteiger partial charge in [-0.15, -0.1) is 0 Å². The summed E-state index contributed by atoms with van der Waals surface area (Å²) in [6, 6.07) is 16.5. The van der Waals surface area contributed by atoms with Crippen molar-refractivity contribution >= 4 is 28.5 Å². The minimum atomic E-state index is -0.601. The summed E-state index contributed by atoms with van der Waals surface area (Å²) in [5.41, 5.74) is 1.40. The molecule has 0 spiro atoms. The van der Waals surface area contributed by atoms with E-state index in [1.807, 2.05) is 0 Å². The molecule has 0 radical (unpaired) electrons. The van der Waals surface area contributed by atoms with Crippen molar-refractivity contribution in [2.75, 3.05) is 14.2 Å². The quantitative estimate of drug-likeness (QED) is 0.288. The van der Waals surface area contributed by atoms with Crippen molar-refractivity contribution in [1.82, 2.24) is 0 Å². The molecule has 4 rings (SSSR count). The molecule has 32 heavy (non-hydrogen) atoms. The monoisotopic (exact) mass is 450 g/mol. The SMILES string of the molecule is COc1ccc(-c2c(C)oc3cc(OC(=O)c4ccccc4Cl)ccc3c2=O)cc1OC. The Morgan fingerprint density at radius 3 is 2.41 bits per heavy atom. The smallest absolute Gasteiger partial charge is 0.345 e. The average Bonchev–Trinajstić information content (AvgIpc) is 2.79. The lowest BCUT2D eigenvalue weighted by atomic mass is 10.0. The lowest BCUT2D eigenvalue weighted by molar-refractivity contribution is 0.0735. The van der Waals surface area contributed by atoms with Crippen LogP contribution < -0.4 is 19.6 Å². The van der Waals surface area contributed by atoms with Gasteiger partial charge in [-0.05, 0) is 48.9 Å². The summed E-state index contributed by atoms with van der Waals surface area (Å²) < 4.78 is 22.0. The molecule has 0 aliphatic carbocycles. The molecule has 6 nitrogen and oxygen atoms in total. The number of carbonyl (C=O) groups is 1. The first-order valence-corrected chi connectivity index (χ1v) is 10.1. The molecule has 0 N–H and O–H groups in total. The van der Waals surface area contributed by atoms with E-state index in [-0.39, 0.29) is 16.7 Å². The number of fused-ring (bicyclic) bond motifs is 1. The Morgan fingerprint density at radius 2 is 1.69 bits per heavy atom. The number of rotatable bonds is 5. The Balaban J connectivity index is 1.74. The first-order valence-electron chi connectivity index (χ1n) is 9.69. The first-order chi connectivity index (χ1) is 15.4. The first kappa shape index (κ1) is 21.5. The van der Waals surface area contributed by atoms with Crippen LogP contribution in [-0.2, 0) is 0 Å². The van der Waals surface area contributed by atoms with Crippen LogP contribution in [0.4, 0.5) is 0 Å². The topological polar surface area (TPSA) is 75.0 Å². The Bertz CT molecular complexity index is 1390. The molecule has 0 saturated heterocycles. The molecule has 0 bridgehead atoms. The van der Waals surface area contributed by atoms with Crippen LogP contribution in [0.3, 0.4) is 0 Å². The molecular formula is C25H19ClO6. The van der Waals surface area contributed by atoms with E-state index in [4.69, 9.17) is 30.2 Å². The maximum atomic E-state index is 13.2. The molecule has 162 valence electrons. The molecule has 0 amide bonds. The molecule has 0 fully saturated rings. The third-order valence-corrected chi connectivity index (χ3v) is 5.35. The largest absolute Gasteiger partial charge is 0.493 e. The molecular weight excluding hydrogens is 432 g/mol. The highest BCUT2D eigenvalue weighted by Crippen LogP contribution is 2.33. The van der Waals surface area contributed by atoms with Crippen LogP contribution in [0.15, 0.2) is 69.9 Å². The predicted octanol–water partition coefficient (Wildman–Crippen LogP) is 5.66. The second-order valence-electron chi connectivity index (χ2n) is 6.96. The third kappa shape index (κ3) is 3.92. The second kappa shape index (κ2) is 8.77. The Kier molecular flexibility index (Phi) is 5.88. The number of esters is 1. The summed E-state index contributed by atoms with van der Waals surface area (Å²) in [6.07, 6.45) is 0. The number of ether oxygens (including phenoxy) is 3. The maximum Gasteiger partial charge on any atom is 0.345 e. The Hall–Kier alpha value is -3.77. The van der Waals surface area contributed by atoms with Crippen molar-refractivity contribution in [3.8, 4) is 28.4 Å². The molecule has 0 unspecified atom stereocenters. The zero-order valence-electron chi connectivity index (χ0n) is 17.6.